The second-order valence-corrected chi connectivity index (χ2v) is 6.20. The van der Waals surface area contributed by atoms with Gasteiger partial charge in [-0.25, -0.2) is 0 Å². The van der Waals surface area contributed by atoms with Crippen molar-refractivity contribution in [2.75, 3.05) is 13.1 Å². The second kappa shape index (κ2) is 8.05. The molecular formula is C17H18Cl3N. The van der Waals surface area contributed by atoms with Crippen molar-refractivity contribution in [3.05, 3.63) is 68.7 Å². The highest BCUT2D eigenvalue weighted by Crippen LogP contribution is 2.29. The zero-order valence-electron chi connectivity index (χ0n) is 11.9. The zero-order chi connectivity index (χ0) is 15.2. The summed E-state index contributed by atoms with van der Waals surface area (Å²) < 4.78 is 0. The van der Waals surface area contributed by atoms with E-state index < -0.39 is 0 Å². The van der Waals surface area contributed by atoms with E-state index in [1.54, 1.807) is 0 Å². The van der Waals surface area contributed by atoms with Gasteiger partial charge in [0.2, 0.25) is 0 Å². The lowest BCUT2D eigenvalue weighted by Crippen LogP contribution is -2.23. The maximum absolute atomic E-state index is 6.35. The molecule has 0 amide bonds. The average Bonchev–Trinajstić information content (AvgIpc) is 2.48. The normalized spacial score (nSPS) is 12.4. The lowest BCUT2D eigenvalue weighted by molar-refractivity contribution is 0.595. The summed E-state index contributed by atoms with van der Waals surface area (Å²) in [4.78, 5) is 0. The Labute approximate surface area is 141 Å². The number of halogens is 3. The summed E-state index contributed by atoms with van der Waals surface area (Å²) >= 11 is 18.4. The van der Waals surface area contributed by atoms with Crippen molar-refractivity contribution in [3.8, 4) is 0 Å². The Bertz CT molecular complexity index is 598. The van der Waals surface area contributed by atoms with Gasteiger partial charge in [0.1, 0.15) is 0 Å². The van der Waals surface area contributed by atoms with Crippen LogP contribution in [-0.4, -0.2) is 13.1 Å². The van der Waals surface area contributed by atoms with Crippen molar-refractivity contribution in [1.29, 1.82) is 0 Å². The van der Waals surface area contributed by atoms with Crippen LogP contribution in [0.2, 0.25) is 15.1 Å². The van der Waals surface area contributed by atoms with Gasteiger partial charge in [-0.05, 0) is 42.3 Å². The Kier molecular flexibility index (Phi) is 6.38. The van der Waals surface area contributed by atoms with E-state index in [0.29, 0.717) is 16.0 Å². The van der Waals surface area contributed by atoms with Gasteiger partial charge in [0, 0.05) is 17.5 Å². The molecule has 0 fully saturated rings. The first kappa shape index (κ1) is 16.6. The maximum Gasteiger partial charge on any atom is 0.0595 e. The van der Waals surface area contributed by atoms with Gasteiger partial charge in [-0.15, -0.1) is 0 Å². The van der Waals surface area contributed by atoms with Crippen LogP contribution in [0.5, 0.6) is 0 Å². The fourth-order valence-electron chi connectivity index (χ4n) is 2.37. The van der Waals surface area contributed by atoms with E-state index in [1.165, 1.54) is 0 Å². The van der Waals surface area contributed by atoms with Crippen LogP contribution in [-0.2, 0) is 6.42 Å². The molecule has 0 spiro atoms. The molecule has 0 heterocycles. The molecule has 21 heavy (non-hydrogen) atoms. The standard InChI is InChI=1S/C17H18Cl3N/c1-2-21-11-13(14-5-3-4-6-15(14)18)9-12-7-8-16(19)17(20)10-12/h3-8,10,13,21H,2,9,11H2,1H3. The summed E-state index contributed by atoms with van der Waals surface area (Å²) in [6.07, 6.45) is 0.869. The molecule has 1 N–H and O–H groups in total. The van der Waals surface area contributed by atoms with Gasteiger partial charge in [-0.1, -0.05) is 66.0 Å². The van der Waals surface area contributed by atoms with Crippen LogP contribution in [0.1, 0.15) is 24.0 Å². The predicted molar refractivity (Wildman–Crippen MR) is 92.9 cm³/mol. The third kappa shape index (κ3) is 4.62. The minimum Gasteiger partial charge on any atom is -0.316 e. The van der Waals surface area contributed by atoms with Crippen LogP contribution in [0.15, 0.2) is 42.5 Å². The summed E-state index contributed by atoms with van der Waals surface area (Å²) in [7, 11) is 0. The topological polar surface area (TPSA) is 12.0 Å². The third-order valence-corrected chi connectivity index (χ3v) is 4.54. The number of nitrogens with one attached hydrogen (secondary N) is 1. The summed E-state index contributed by atoms with van der Waals surface area (Å²) in [5.74, 6) is 0.302. The van der Waals surface area contributed by atoms with Crippen LogP contribution >= 0.6 is 34.8 Å². The van der Waals surface area contributed by atoms with Crippen LogP contribution < -0.4 is 5.32 Å². The minimum atomic E-state index is 0.302. The summed E-state index contributed by atoms with van der Waals surface area (Å²) in [6.45, 7) is 3.91. The Morgan fingerprint density at radius 3 is 2.38 bits per heavy atom. The number of hydrogen-bond acceptors (Lipinski definition) is 1. The molecule has 0 radical (unpaired) electrons. The molecule has 1 atom stereocenters. The molecule has 1 nitrogen and oxygen atoms in total. The van der Waals surface area contributed by atoms with E-state index in [9.17, 15) is 0 Å². The minimum absolute atomic E-state index is 0.302. The lowest BCUT2D eigenvalue weighted by Gasteiger charge is -2.19. The molecule has 2 aromatic rings. The van der Waals surface area contributed by atoms with Gasteiger partial charge in [0.25, 0.3) is 0 Å². The zero-order valence-corrected chi connectivity index (χ0v) is 14.1. The number of hydrogen-bond donors (Lipinski definition) is 1. The quantitative estimate of drug-likeness (QED) is 0.722. The molecular weight excluding hydrogens is 325 g/mol. The van der Waals surface area contributed by atoms with E-state index in [0.717, 1.165) is 35.7 Å². The van der Waals surface area contributed by atoms with Crippen molar-refractivity contribution in [1.82, 2.24) is 5.32 Å². The van der Waals surface area contributed by atoms with Crippen molar-refractivity contribution >= 4 is 34.8 Å². The summed E-state index contributed by atoms with van der Waals surface area (Å²) in [5, 5.41) is 5.39. The molecule has 1 unspecified atom stereocenters. The number of benzene rings is 2. The number of likely N-dealkylation sites (N-methyl/N-ethyl adjacent to an activating group) is 1. The van der Waals surface area contributed by atoms with Crippen molar-refractivity contribution in [2.45, 2.75) is 19.3 Å². The van der Waals surface area contributed by atoms with Crippen LogP contribution in [0.4, 0.5) is 0 Å². The van der Waals surface area contributed by atoms with E-state index in [-0.39, 0.29) is 0 Å². The van der Waals surface area contributed by atoms with E-state index in [2.05, 4.69) is 18.3 Å². The first-order valence-corrected chi connectivity index (χ1v) is 8.14. The first-order chi connectivity index (χ1) is 10.1. The Hall–Kier alpha value is -0.730. The molecule has 0 aromatic heterocycles. The van der Waals surface area contributed by atoms with Crippen molar-refractivity contribution in [2.24, 2.45) is 0 Å². The second-order valence-electron chi connectivity index (χ2n) is 4.98. The molecule has 2 aromatic carbocycles. The molecule has 0 aliphatic heterocycles. The fraction of sp³-hybridized carbons (Fsp3) is 0.294. The van der Waals surface area contributed by atoms with Crippen molar-refractivity contribution in [3.63, 3.8) is 0 Å². The molecule has 0 aliphatic carbocycles. The van der Waals surface area contributed by atoms with E-state index in [1.807, 2.05) is 36.4 Å². The molecule has 0 saturated carbocycles. The van der Waals surface area contributed by atoms with Crippen LogP contribution in [0.3, 0.4) is 0 Å². The Balaban J connectivity index is 2.24. The molecule has 2 rings (SSSR count). The predicted octanol–water partition coefficient (Wildman–Crippen LogP) is 5.58. The highest BCUT2D eigenvalue weighted by molar-refractivity contribution is 6.42. The van der Waals surface area contributed by atoms with Crippen LogP contribution in [0.25, 0.3) is 0 Å². The monoisotopic (exact) mass is 341 g/mol. The highest BCUT2D eigenvalue weighted by atomic mass is 35.5. The van der Waals surface area contributed by atoms with Gasteiger partial charge in [0.15, 0.2) is 0 Å². The molecule has 0 bridgehead atoms. The third-order valence-electron chi connectivity index (χ3n) is 3.45. The van der Waals surface area contributed by atoms with Gasteiger partial charge in [-0.2, -0.15) is 0 Å². The SMILES string of the molecule is CCNCC(Cc1ccc(Cl)c(Cl)c1)c1ccccc1Cl. The van der Waals surface area contributed by atoms with Gasteiger partial charge >= 0.3 is 0 Å². The van der Waals surface area contributed by atoms with Gasteiger partial charge in [-0.3, -0.25) is 0 Å². The van der Waals surface area contributed by atoms with Crippen molar-refractivity contribution < 1.29 is 0 Å². The summed E-state index contributed by atoms with van der Waals surface area (Å²) in [5.41, 5.74) is 2.32. The Morgan fingerprint density at radius 2 is 1.71 bits per heavy atom. The highest BCUT2D eigenvalue weighted by Gasteiger charge is 2.15. The molecule has 0 saturated heterocycles. The first-order valence-electron chi connectivity index (χ1n) is 7.01. The van der Waals surface area contributed by atoms with Gasteiger partial charge < -0.3 is 5.32 Å². The maximum atomic E-state index is 6.35. The molecule has 112 valence electrons. The van der Waals surface area contributed by atoms with Gasteiger partial charge in [0.05, 0.1) is 10.0 Å². The van der Waals surface area contributed by atoms with E-state index >= 15 is 0 Å². The van der Waals surface area contributed by atoms with E-state index in [4.69, 9.17) is 34.8 Å². The molecule has 0 aliphatic rings. The summed E-state index contributed by atoms with van der Waals surface area (Å²) in [6, 6.07) is 13.8. The smallest absolute Gasteiger partial charge is 0.0595 e. The van der Waals surface area contributed by atoms with Crippen LogP contribution in [0, 0.1) is 0 Å². The largest absolute Gasteiger partial charge is 0.316 e. The molecule has 4 heteroatoms. The Morgan fingerprint density at radius 1 is 0.952 bits per heavy atom. The average molecular weight is 343 g/mol. The fourth-order valence-corrected chi connectivity index (χ4v) is 2.98. The lowest BCUT2D eigenvalue weighted by atomic mass is 9.92. The number of rotatable bonds is 6.